The largest absolute Gasteiger partial charge is 0.496 e. The van der Waals surface area contributed by atoms with Gasteiger partial charge in [0.1, 0.15) is 5.75 Å². The van der Waals surface area contributed by atoms with E-state index < -0.39 is 0 Å². The molecule has 1 heterocycles. The SMILES string of the molecule is COc1cc(OC)c(OC)cc1/C=C1\SC(=Nc2ccccc2C)NC1=O. The van der Waals surface area contributed by atoms with Crippen LogP contribution in [0.3, 0.4) is 0 Å². The number of hydrogen-bond acceptors (Lipinski definition) is 6. The third-order valence-corrected chi connectivity index (χ3v) is 4.92. The van der Waals surface area contributed by atoms with Gasteiger partial charge in [-0.1, -0.05) is 18.2 Å². The van der Waals surface area contributed by atoms with E-state index in [1.54, 1.807) is 39.5 Å². The number of aryl methyl sites for hydroxylation is 1. The molecule has 0 aliphatic carbocycles. The lowest BCUT2D eigenvalue weighted by Gasteiger charge is -2.12. The number of ether oxygens (including phenoxy) is 3. The van der Waals surface area contributed by atoms with E-state index in [1.165, 1.54) is 11.8 Å². The highest BCUT2D eigenvalue weighted by atomic mass is 32.2. The van der Waals surface area contributed by atoms with Crippen LogP contribution < -0.4 is 19.5 Å². The zero-order chi connectivity index (χ0) is 19.4. The van der Waals surface area contributed by atoms with E-state index in [4.69, 9.17) is 14.2 Å². The minimum absolute atomic E-state index is 0.204. The van der Waals surface area contributed by atoms with Crippen LogP contribution in [0.4, 0.5) is 5.69 Å². The van der Waals surface area contributed by atoms with Crippen LogP contribution in [0.15, 0.2) is 46.3 Å². The van der Waals surface area contributed by atoms with E-state index in [0.29, 0.717) is 32.9 Å². The summed E-state index contributed by atoms with van der Waals surface area (Å²) in [6.45, 7) is 1.98. The molecule has 1 N–H and O–H groups in total. The second-order valence-corrected chi connectivity index (χ2v) is 6.75. The Labute approximate surface area is 162 Å². The Morgan fingerprint density at radius 2 is 1.67 bits per heavy atom. The van der Waals surface area contributed by atoms with Crippen molar-refractivity contribution in [2.45, 2.75) is 6.92 Å². The number of rotatable bonds is 5. The van der Waals surface area contributed by atoms with Gasteiger partial charge in [-0.15, -0.1) is 0 Å². The van der Waals surface area contributed by atoms with Crippen LogP contribution in [0.1, 0.15) is 11.1 Å². The summed E-state index contributed by atoms with van der Waals surface area (Å²) in [6, 6.07) is 11.3. The third-order valence-electron chi connectivity index (χ3n) is 4.01. The number of aliphatic imine (C=N–C) groups is 1. The number of amidine groups is 1. The number of carbonyl (C=O) groups excluding carboxylic acids is 1. The summed E-state index contributed by atoms with van der Waals surface area (Å²) in [5.41, 5.74) is 2.58. The van der Waals surface area contributed by atoms with E-state index in [-0.39, 0.29) is 5.91 Å². The van der Waals surface area contributed by atoms with Gasteiger partial charge in [0.2, 0.25) is 0 Å². The molecule has 7 heteroatoms. The van der Waals surface area contributed by atoms with Crippen LogP contribution >= 0.6 is 11.8 Å². The van der Waals surface area contributed by atoms with Gasteiger partial charge in [-0.05, 0) is 42.5 Å². The molecule has 1 fully saturated rings. The second-order valence-electron chi connectivity index (χ2n) is 5.72. The topological polar surface area (TPSA) is 69.2 Å². The summed E-state index contributed by atoms with van der Waals surface area (Å²) >= 11 is 1.28. The van der Waals surface area contributed by atoms with E-state index in [1.807, 2.05) is 31.2 Å². The van der Waals surface area contributed by atoms with E-state index >= 15 is 0 Å². The molecule has 0 bridgehead atoms. The second kappa shape index (κ2) is 8.18. The van der Waals surface area contributed by atoms with Crippen molar-refractivity contribution in [3.8, 4) is 17.2 Å². The Bertz CT molecular complexity index is 938. The zero-order valence-electron chi connectivity index (χ0n) is 15.5. The molecule has 1 amide bonds. The molecule has 0 saturated carbocycles. The smallest absolute Gasteiger partial charge is 0.264 e. The van der Waals surface area contributed by atoms with E-state index in [2.05, 4.69) is 10.3 Å². The maximum absolute atomic E-state index is 12.4. The Morgan fingerprint density at radius 3 is 2.33 bits per heavy atom. The fourth-order valence-corrected chi connectivity index (χ4v) is 3.41. The molecule has 2 aromatic carbocycles. The van der Waals surface area contributed by atoms with Crippen molar-refractivity contribution in [1.82, 2.24) is 5.32 Å². The fourth-order valence-electron chi connectivity index (χ4n) is 2.59. The van der Waals surface area contributed by atoms with Gasteiger partial charge in [0.05, 0.1) is 31.9 Å². The van der Waals surface area contributed by atoms with Crippen molar-refractivity contribution in [3.63, 3.8) is 0 Å². The normalized spacial score (nSPS) is 16.5. The van der Waals surface area contributed by atoms with Gasteiger partial charge in [-0.3, -0.25) is 4.79 Å². The highest BCUT2D eigenvalue weighted by Crippen LogP contribution is 2.37. The van der Waals surface area contributed by atoms with Gasteiger partial charge in [0.15, 0.2) is 16.7 Å². The van der Waals surface area contributed by atoms with Crippen LogP contribution in [0.5, 0.6) is 17.2 Å². The molecule has 6 nitrogen and oxygen atoms in total. The molecule has 2 aromatic rings. The lowest BCUT2D eigenvalue weighted by atomic mass is 10.1. The number of carbonyl (C=O) groups is 1. The first-order chi connectivity index (χ1) is 13.0. The molecule has 0 atom stereocenters. The highest BCUT2D eigenvalue weighted by Gasteiger charge is 2.25. The van der Waals surface area contributed by atoms with Crippen molar-refractivity contribution in [2.24, 2.45) is 4.99 Å². The lowest BCUT2D eigenvalue weighted by Crippen LogP contribution is -2.19. The average molecular weight is 384 g/mol. The molecule has 140 valence electrons. The minimum Gasteiger partial charge on any atom is -0.496 e. The van der Waals surface area contributed by atoms with Crippen molar-refractivity contribution >= 4 is 34.6 Å². The van der Waals surface area contributed by atoms with Crippen molar-refractivity contribution < 1.29 is 19.0 Å². The number of hydrogen-bond donors (Lipinski definition) is 1. The molecule has 1 aliphatic heterocycles. The number of benzene rings is 2. The van der Waals surface area contributed by atoms with E-state index in [0.717, 1.165) is 11.3 Å². The van der Waals surface area contributed by atoms with Gasteiger partial charge in [0.25, 0.3) is 5.91 Å². The Balaban J connectivity index is 1.94. The zero-order valence-corrected chi connectivity index (χ0v) is 16.3. The number of nitrogens with zero attached hydrogens (tertiary/aromatic N) is 1. The number of nitrogens with one attached hydrogen (secondary N) is 1. The van der Waals surface area contributed by atoms with Crippen LogP contribution in [-0.2, 0) is 4.79 Å². The van der Waals surface area contributed by atoms with Gasteiger partial charge >= 0.3 is 0 Å². The van der Waals surface area contributed by atoms with Gasteiger partial charge in [-0.2, -0.15) is 0 Å². The molecular formula is C20H20N2O4S. The lowest BCUT2D eigenvalue weighted by molar-refractivity contribution is -0.115. The monoisotopic (exact) mass is 384 g/mol. The van der Waals surface area contributed by atoms with Gasteiger partial charge in [0, 0.05) is 11.6 Å². The predicted molar refractivity (Wildman–Crippen MR) is 108 cm³/mol. The first-order valence-corrected chi connectivity index (χ1v) is 9.02. The van der Waals surface area contributed by atoms with Crippen molar-refractivity contribution in [2.75, 3.05) is 21.3 Å². The summed E-state index contributed by atoms with van der Waals surface area (Å²) < 4.78 is 16.0. The number of thioether (sulfide) groups is 1. The quantitative estimate of drug-likeness (QED) is 0.792. The molecule has 1 aliphatic rings. The Kier molecular flexibility index (Phi) is 5.71. The standard InChI is InChI=1S/C20H20N2O4S/c1-12-7-5-6-8-14(12)21-20-22-19(23)18(27-20)10-13-9-16(25-3)17(26-4)11-15(13)24-2/h5-11H,1-4H3,(H,21,22,23)/b18-10-. The number of para-hydroxylation sites is 1. The van der Waals surface area contributed by atoms with Crippen molar-refractivity contribution in [3.05, 3.63) is 52.4 Å². The summed E-state index contributed by atoms with van der Waals surface area (Å²) in [7, 11) is 4.69. The summed E-state index contributed by atoms with van der Waals surface area (Å²) in [5.74, 6) is 1.49. The molecule has 1 saturated heterocycles. The predicted octanol–water partition coefficient (Wildman–Crippen LogP) is 3.91. The van der Waals surface area contributed by atoms with Crippen LogP contribution in [0.2, 0.25) is 0 Å². The Hall–Kier alpha value is -2.93. The third kappa shape index (κ3) is 4.09. The number of methoxy groups -OCH3 is 3. The summed E-state index contributed by atoms with van der Waals surface area (Å²) in [6.07, 6.45) is 1.75. The molecule has 27 heavy (non-hydrogen) atoms. The molecular weight excluding hydrogens is 364 g/mol. The highest BCUT2D eigenvalue weighted by molar-refractivity contribution is 8.18. The maximum Gasteiger partial charge on any atom is 0.264 e. The van der Waals surface area contributed by atoms with Gasteiger partial charge < -0.3 is 19.5 Å². The molecule has 0 radical (unpaired) electrons. The minimum atomic E-state index is -0.204. The Morgan fingerprint density at radius 1 is 1.00 bits per heavy atom. The van der Waals surface area contributed by atoms with Crippen LogP contribution in [-0.4, -0.2) is 32.4 Å². The van der Waals surface area contributed by atoms with Gasteiger partial charge in [-0.25, -0.2) is 4.99 Å². The van der Waals surface area contributed by atoms with Crippen molar-refractivity contribution in [1.29, 1.82) is 0 Å². The summed E-state index contributed by atoms with van der Waals surface area (Å²) in [4.78, 5) is 17.4. The van der Waals surface area contributed by atoms with E-state index in [9.17, 15) is 4.79 Å². The molecule has 0 spiro atoms. The first-order valence-electron chi connectivity index (χ1n) is 8.21. The molecule has 0 aromatic heterocycles. The first kappa shape index (κ1) is 18.8. The van der Waals surface area contributed by atoms with Crippen LogP contribution in [0, 0.1) is 6.92 Å². The molecule has 3 rings (SSSR count). The fraction of sp³-hybridized carbons (Fsp3) is 0.200. The average Bonchev–Trinajstić information content (AvgIpc) is 3.02. The van der Waals surface area contributed by atoms with Crippen LogP contribution in [0.25, 0.3) is 6.08 Å². The number of amides is 1. The molecule has 0 unspecified atom stereocenters. The summed E-state index contributed by atoms with van der Waals surface area (Å²) in [5, 5.41) is 3.34. The maximum atomic E-state index is 12.4.